The summed E-state index contributed by atoms with van der Waals surface area (Å²) in [6.45, 7) is 1.04. The molecule has 2 heterocycles. The summed E-state index contributed by atoms with van der Waals surface area (Å²) < 4.78 is 12.1. The largest absolute Gasteiger partial charge is 0.331 e. The first kappa shape index (κ1) is 10.9. The SMILES string of the molecule is O=[S@@](C[C@@H]1CCCN1)c1nc2ccccc2[nH]1. The molecule has 2 atom stereocenters. The summed E-state index contributed by atoms with van der Waals surface area (Å²) in [7, 11) is -1.04. The van der Waals surface area contributed by atoms with Gasteiger partial charge in [0.1, 0.15) is 0 Å². The Labute approximate surface area is 102 Å². The molecule has 3 rings (SSSR count). The van der Waals surface area contributed by atoms with Crippen LogP contribution >= 0.6 is 0 Å². The van der Waals surface area contributed by atoms with Crippen molar-refractivity contribution in [3.63, 3.8) is 0 Å². The molecule has 90 valence electrons. The minimum atomic E-state index is -1.04. The van der Waals surface area contributed by atoms with E-state index in [0.717, 1.165) is 24.0 Å². The fourth-order valence-electron chi connectivity index (χ4n) is 2.20. The van der Waals surface area contributed by atoms with Crippen molar-refractivity contribution in [3.05, 3.63) is 24.3 Å². The molecule has 0 spiro atoms. The fraction of sp³-hybridized carbons (Fsp3) is 0.417. The van der Waals surface area contributed by atoms with E-state index in [1.165, 1.54) is 6.42 Å². The molecule has 4 nitrogen and oxygen atoms in total. The summed E-state index contributed by atoms with van der Waals surface area (Å²) in [6.07, 6.45) is 2.30. The first-order valence-corrected chi connectivity index (χ1v) is 7.21. The Hall–Kier alpha value is -1.20. The number of imidazole rings is 1. The van der Waals surface area contributed by atoms with Gasteiger partial charge in [0.15, 0.2) is 5.16 Å². The van der Waals surface area contributed by atoms with Crippen molar-refractivity contribution >= 4 is 21.8 Å². The van der Waals surface area contributed by atoms with Gasteiger partial charge in [-0.2, -0.15) is 0 Å². The van der Waals surface area contributed by atoms with Gasteiger partial charge in [-0.25, -0.2) is 4.98 Å². The third-order valence-corrected chi connectivity index (χ3v) is 4.43. The van der Waals surface area contributed by atoms with E-state index in [1.807, 2.05) is 24.3 Å². The topological polar surface area (TPSA) is 57.8 Å². The first-order chi connectivity index (χ1) is 8.33. The van der Waals surface area contributed by atoms with Crippen molar-refractivity contribution in [2.45, 2.75) is 24.0 Å². The number of rotatable bonds is 3. The van der Waals surface area contributed by atoms with Gasteiger partial charge >= 0.3 is 0 Å². The van der Waals surface area contributed by atoms with Crippen LogP contribution in [0.4, 0.5) is 0 Å². The minimum absolute atomic E-state index is 0.379. The molecule has 17 heavy (non-hydrogen) atoms. The summed E-state index contributed by atoms with van der Waals surface area (Å²) in [5.41, 5.74) is 1.84. The highest BCUT2D eigenvalue weighted by Gasteiger charge is 2.19. The Bertz CT molecular complexity index is 512. The van der Waals surface area contributed by atoms with Gasteiger partial charge in [-0.15, -0.1) is 0 Å². The van der Waals surface area contributed by atoms with Gasteiger partial charge in [0.25, 0.3) is 0 Å². The van der Waals surface area contributed by atoms with E-state index < -0.39 is 10.8 Å². The Kier molecular flexibility index (Phi) is 2.94. The molecular weight excluding hydrogens is 234 g/mol. The second kappa shape index (κ2) is 4.58. The molecule has 1 aliphatic rings. The van der Waals surface area contributed by atoms with Gasteiger partial charge in [0.2, 0.25) is 0 Å². The summed E-state index contributed by atoms with van der Waals surface area (Å²) >= 11 is 0. The van der Waals surface area contributed by atoms with E-state index in [2.05, 4.69) is 15.3 Å². The van der Waals surface area contributed by atoms with Crippen LogP contribution in [-0.2, 0) is 10.8 Å². The lowest BCUT2D eigenvalue weighted by atomic mass is 10.3. The third-order valence-electron chi connectivity index (χ3n) is 3.10. The molecular formula is C12H15N3OS. The number of nitrogens with zero attached hydrogens (tertiary/aromatic N) is 1. The third kappa shape index (κ3) is 2.25. The summed E-state index contributed by atoms with van der Waals surface area (Å²) in [4.78, 5) is 7.50. The normalized spacial score (nSPS) is 22.0. The lowest BCUT2D eigenvalue weighted by Gasteiger charge is -2.07. The van der Waals surface area contributed by atoms with Gasteiger partial charge in [0, 0.05) is 11.8 Å². The molecule has 1 saturated heterocycles. The van der Waals surface area contributed by atoms with Crippen LogP contribution in [0.3, 0.4) is 0 Å². The van der Waals surface area contributed by atoms with Gasteiger partial charge in [-0.1, -0.05) is 12.1 Å². The predicted molar refractivity (Wildman–Crippen MR) is 68.4 cm³/mol. The average Bonchev–Trinajstić information content (AvgIpc) is 2.96. The van der Waals surface area contributed by atoms with Crippen LogP contribution in [0.5, 0.6) is 0 Å². The molecule has 2 aromatic rings. The zero-order valence-corrected chi connectivity index (χ0v) is 10.3. The van der Waals surface area contributed by atoms with Crippen LogP contribution in [0.25, 0.3) is 11.0 Å². The molecule has 0 saturated carbocycles. The summed E-state index contributed by atoms with van der Waals surface area (Å²) in [5, 5.41) is 3.95. The number of nitrogens with one attached hydrogen (secondary N) is 2. The Balaban J connectivity index is 1.80. The highest BCUT2D eigenvalue weighted by molar-refractivity contribution is 7.84. The Morgan fingerprint density at radius 2 is 2.29 bits per heavy atom. The molecule has 1 aromatic heterocycles. The number of para-hydroxylation sites is 2. The van der Waals surface area contributed by atoms with Crippen LogP contribution in [0.15, 0.2) is 29.4 Å². The maximum Gasteiger partial charge on any atom is 0.197 e. The number of H-pyrrole nitrogens is 1. The number of hydrogen-bond donors (Lipinski definition) is 2. The highest BCUT2D eigenvalue weighted by atomic mass is 32.2. The number of benzene rings is 1. The zero-order valence-electron chi connectivity index (χ0n) is 9.48. The minimum Gasteiger partial charge on any atom is -0.331 e. The van der Waals surface area contributed by atoms with Gasteiger partial charge < -0.3 is 10.3 Å². The molecule has 1 aromatic carbocycles. The lowest BCUT2D eigenvalue weighted by molar-refractivity contribution is 0.639. The van der Waals surface area contributed by atoms with Crippen molar-refractivity contribution in [3.8, 4) is 0 Å². The number of hydrogen-bond acceptors (Lipinski definition) is 3. The molecule has 0 unspecified atom stereocenters. The van der Waals surface area contributed by atoms with Crippen LogP contribution in [0, 0.1) is 0 Å². The molecule has 1 fully saturated rings. The van der Waals surface area contributed by atoms with Crippen LogP contribution < -0.4 is 5.32 Å². The predicted octanol–water partition coefficient (Wildman–Crippen LogP) is 1.42. The van der Waals surface area contributed by atoms with E-state index >= 15 is 0 Å². The van der Waals surface area contributed by atoms with Gasteiger partial charge in [-0.05, 0) is 31.5 Å². The molecule has 0 aliphatic carbocycles. The number of aromatic amines is 1. The molecule has 2 N–H and O–H groups in total. The Morgan fingerprint density at radius 1 is 1.41 bits per heavy atom. The van der Waals surface area contributed by atoms with Crippen molar-refractivity contribution < 1.29 is 4.21 Å². The van der Waals surface area contributed by atoms with Gasteiger partial charge in [0.05, 0.1) is 21.8 Å². The van der Waals surface area contributed by atoms with E-state index in [9.17, 15) is 4.21 Å². The average molecular weight is 249 g/mol. The maximum atomic E-state index is 12.1. The molecule has 5 heteroatoms. The van der Waals surface area contributed by atoms with Crippen molar-refractivity contribution in [2.75, 3.05) is 12.3 Å². The maximum absolute atomic E-state index is 12.1. The smallest absolute Gasteiger partial charge is 0.197 e. The van der Waals surface area contributed by atoms with Gasteiger partial charge in [-0.3, -0.25) is 4.21 Å². The van der Waals surface area contributed by atoms with E-state index in [0.29, 0.717) is 17.0 Å². The standard InChI is InChI=1S/C12H15N3OS/c16-17(8-9-4-3-7-13-9)12-14-10-5-1-2-6-11(10)15-12/h1-2,5-6,9,13H,3-4,7-8H2,(H,14,15)/t9-,17-/m0/s1. The first-order valence-electron chi connectivity index (χ1n) is 5.89. The van der Waals surface area contributed by atoms with Crippen LogP contribution in [0.2, 0.25) is 0 Å². The van der Waals surface area contributed by atoms with Crippen molar-refractivity contribution in [1.82, 2.24) is 15.3 Å². The summed E-state index contributed by atoms with van der Waals surface area (Å²) in [6, 6.07) is 8.15. The molecule has 0 amide bonds. The van der Waals surface area contributed by atoms with Crippen LogP contribution in [0.1, 0.15) is 12.8 Å². The molecule has 1 aliphatic heterocycles. The monoisotopic (exact) mass is 249 g/mol. The molecule has 0 radical (unpaired) electrons. The number of fused-ring (bicyclic) bond motifs is 1. The summed E-state index contributed by atoms with van der Waals surface area (Å²) in [5.74, 6) is 0.653. The van der Waals surface area contributed by atoms with Crippen molar-refractivity contribution in [2.24, 2.45) is 0 Å². The van der Waals surface area contributed by atoms with Crippen molar-refractivity contribution in [1.29, 1.82) is 0 Å². The second-order valence-corrected chi connectivity index (χ2v) is 5.78. The van der Waals surface area contributed by atoms with Crippen LogP contribution in [-0.4, -0.2) is 32.5 Å². The van der Waals surface area contributed by atoms with E-state index in [4.69, 9.17) is 0 Å². The lowest BCUT2D eigenvalue weighted by Crippen LogP contribution is -2.27. The fourth-order valence-corrected chi connectivity index (χ4v) is 3.43. The molecule has 0 bridgehead atoms. The second-order valence-electron chi connectivity index (χ2n) is 4.36. The highest BCUT2D eigenvalue weighted by Crippen LogP contribution is 2.15. The Morgan fingerprint density at radius 3 is 3.06 bits per heavy atom. The van der Waals surface area contributed by atoms with E-state index in [1.54, 1.807) is 0 Å². The quantitative estimate of drug-likeness (QED) is 0.865. The number of aromatic nitrogens is 2. The zero-order chi connectivity index (χ0) is 11.7. The van der Waals surface area contributed by atoms with E-state index in [-0.39, 0.29) is 0 Å².